The van der Waals surface area contributed by atoms with Gasteiger partial charge in [-0.25, -0.2) is 5.43 Å². The summed E-state index contributed by atoms with van der Waals surface area (Å²) < 4.78 is 1.07. The van der Waals surface area contributed by atoms with E-state index >= 15 is 0 Å². The number of hydrogen-bond donors (Lipinski definition) is 1. The van der Waals surface area contributed by atoms with Crippen molar-refractivity contribution in [3.8, 4) is 0 Å². The fourth-order valence-corrected chi connectivity index (χ4v) is 3.14. The zero-order chi connectivity index (χ0) is 12.7. The first kappa shape index (κ1) is 13.9. The highest BCUT2D eigenvalue weighted by Crippen LogP contribution is 2.26. The fraction of sp³-hybridized carbons (Fsp3) is 0.400. The zero-order valence-corrected chi connectivity index (χ0v) is 10.8. The Labute approximate surface area is 107 Å². The third-order valence-corrected chi connectivity index (χ3v) is 4.28. The van der Waals surface area contributed by atoms with Crippen molar-refractivity contribution in [3.63, 3.8) is 0 Å². The van der Waals surface area contributed by atoms with E-state index in [0.29, 0.717) is 5.75 Å². The number of rotatable bonds is 7. The van der Waals surface area contributed by atoms with Gasteiger partial charge in [-0.05, 0) is 18.4 Å². The first-order chi connectivity index (χ1) is 8.13. The van der Waals surface area contributed by atoms with E-state index in [1.54, 1.807) is 11.3 Å². The molecule has 92 valence electrons. The van der Waals surface area contributed by atoms with Gasteiger partial charge in [0.15, 0.2) is 0 Å². The maximum atomic E-state index is 11.5. The van der Waals surface area contributed by atoms with Crippen molar-refractivity contribution >= 4 is 34.8 Å². The molecule has 1 unspecified atom stereocenters. The lowest BCUT2D eigenvalue weighted by Gasteiger charge is -2.11. The number of nitrogens with zero attached hydrogens (tertiary/aromatic N) is 1. The van der Waals surface area contributed by atoms with Gasteiger partial charge in [0.25, 0.3) is 0 Å². The van der Waals surface area contributed by atoms with Crippen LogP contribution in [0.25, 0.3) is 0 Å². The summed E-state index contributed by atoms with van der Waals surface area (Å²) >= 11 is 3.06. The van der Waals surface area contributed by atoms with Gasteiger partial charge in [-0.15, -0.1) is 28.0 Å². The van der Waals surface area contributed by atoms with Gasteiger partial charge in [0.1, 0.15) is 5.78 Å². The maximum Gasteiger partial charge on any atom is 0.247 e. The summed E-state index contributed by atoms with van der Waals surface area (Å²) in [7, 11) is 0. The Morgan fingerprint density at radius 1 is 1.59 bits per heavy atom. The average Bonchev–Trinajstić information content (AvgIpc) is 2.76. The van der Waals surface area contributed by atoms with Gasteiger partial charge in [-0.2, -0.15) is 0 Å². The van der Waals surface area contributed by atoms with Gasteiger partial charge >= 0.3 is 0 Å². The minimum atomic E-state index is -0.516. The van der Waals surface area contributed by atoms with Crippen LogP contribution in [0.4, 0.5) is 0 Å². The molecule has 17 heavy (non-hydrogen) atoms. The standard InChI is InChI=1S/C10H12N2O3S2/c1-7(13)5-8(10(14)11-12-15)6-17-9-3-2-4-16-9/h2-4,8H,5-6H2,1H3,(H,11,14,15). The molecule has 0 fully saturated rings. The van der Waals surface area contributed by atoms with E-state index < -0.39 is 11.8 Å². The van der Waals surface area contributed by atoms with E-state index in [2.05, 4.69) is 5.29 Å². The van der Waals surface area contributed by atoms with E-state index in [1.807, 2.05) is 22.9 Å². The van der Waals surface area contributed by atoms with Crippen molar-refractivity contribution in [2.24, 2.45) is 11.2 Å². The van der Waals surface area contributed by atoms with E-state index in [9.17, 15) is 14.5 Å². The van der Waals surface area contributed by atoms with Crippen molar-refractivity contribution in [2.75, 3.05) is 5.75 Å². The lowest BCUT2D eigenvalue weighted by atomic mass is 10.1. The number of thiophene rings is 1. The monoisotopic (exact) mass is 272 g/mol. The van der Waals surface area contributed by atoms with Crippen molar-refractivity contribution in [2.45, 2.75) is 17.6 Å². The number of thioether (sulfide) groups is 1. The molecule has 0 aliphatic rings. The highest BCUT2D eigenvalue weighted by molar-refractivity contribution is 8.01. The highest BCUT2D eigenvalue weighted by atomic mass is 32.2. The molecule has 0 spiro atoms. The number of carbonyl (C=O) groups excluding carboxylic acids is 2. The molecular weight excluding hydrogens is 260 g/mol. The molecule has 0 bridgehead atoms. The molecule has 1 atom stereocenters. The molecule has 1 N–H and O–H groups in total. The van der Waals surface area contributed by atoms with Gasteiger partial charge < -0.3 is 4.79 Å². The van der Waals surface area contributed by atoms with Crippen LogP contribution in [0.3, 0.4) is 0 Å². The molecule has 0 aliphatic heterocycles. The number of hydrogen-bond acceptors (Lipinski definition) is 6. The molecule has 1 aromatic rings. The fourth-order valence-electron chi connectivity index (χ4n) is 1.24. The SMILES string of the molecule is CC(=O)CC(CSc1cccs1)C(=O)NN=O. The molecule has 1 aromatic heterocycles. The number of ketones is 1. The maximum absolute atomic E-state index is 11.5. The third-order valence-electron chi connectivity index (χ3n) is 1.98. The second-order valence-electron chi connectivity index (χ2n) is 3.41. The van der Waals surface area contributed by atoms with Gasteiger partial charge in [0.2, 0.25) is 5.91 Å². The van der Waals surface area contributed by atoms with Crippen molar-refractivity contribution < 1.29 is 9.59 Å². The summed E-state index contributed by atoms with van der Waals surface area (Å²) in [4.78, 5) is 32.5. The van der Waals surface area contributed by atoms with E-state index in [0.717, 1.165) is 4.21 Å². The number of nitrogens with one attached hydrogen (secondary N) is 1. The smallest absolute Gasteiger partial charge is 0.247 e. The summed E-state index contributed by atoms with van der Waals surface area (Å²) in [6, 6.07) is 3.86. The minimum absolute atomic E-state index is 0.0807. The van der Waals surface area contributed by atoms with Crippen molar-refractivity contribution in [3.05, 3.63) is 22.4 Å². The summed E-state index contributed by atoms with van der Waals surface area (Å²) in [5, 5.41) is 4.28. The Hall–Kier alpha value is -1.21. The van der Waals surface area contributed by atoms with Gasteiger partial charge in [-0.1, -0.05) is 6.07 Å². The first-order valence-corrected chi connectivity index (χ1v) is 6.78. The molecule has 0 saturated heterocycles. The van der Waals surface area contributed by atoms with Crippen LogP contribution in [-0.2, 0) is 9.59 Å². The van der Waals surface area contributed by atoms with Crippen LogP contribution in [0, 0.1) is 10.8 Å². The van der Waals surface area contributed by atoms with Crippen molar-refractivity contribution in [1.82, 2.24) is 5.43 Å². The first-order valence-electron chi connectivity index (χ1n) is 4.91. The summed E-state index contributed by atoms with van der Waals surface area (Å²) in [5.41, 5.74) is 1.85. The Balaban J connectivity index is 2.53. The lowest BCUT2D eigenvalue weighted by Crippen LogP contribution is -2.29. The van der Waals surface area contributed by atoms with E-state index in [4.69, 9.17) is 0 Å². The average molecular weight is 272 g/mol. The Morgan fingerprint density at radius 2 is 2.35 bits per heavy atom. The highest BCUT2D eigenvalue weighted by Gasteiger charge is 2.20. The second-order valence-corrected chi connectivity index (χ2v) is 5.68. The molecule has 0 aromatic carbocycles. The van der Waals surface area contributed by atoms with Crippen molar-refractivity contribution in [1.29, 1.82) is 0 Å². The molecule has 0 saturated carbocycles. The van der Waals surface area contributed by atoms with Gasteiger partial charge in [0.05, 0.1) is 15.4 Å². The topological polar surface area (TPSA) is 75.6 Å². The van der Waals surface area contributed by atoms with Crippen LogP contribution in [0.1, 0.15) is 13.3 Å². The minimum Gasteiger partial charge on any atom is -0.300 e. The largest absolute Gasteiger partial charge is 0.300 e. The quantitative estimate of drug-likeness (QED) is 0.469. The summed E-state index contributed by atoms with van der Waals surface area (Å²) in [6.07, 6.45) is 0.125. The number of carbonyl (C=O) groups is 2. The molecule has 0 radical (unpaired) electrons. The predicted molar refractivity (Wildman–Crippen MR) is 67.8 cm³/mol. The Morgan fingerprint density at radius 3 is 2.88 bits per heavy atom. The molecule has 5 nitrogen and oxygen atoms in total. The van der Waals surface area contributed by atoms with Crippen LogP contribution < -0.4 is 5.43 Å². The molecule has 7 heteroatoms. The molecule has 1 amide bonds. The van der Waals surface area contributed by atoms with Crippen LogP contribution >= 0.6 is 23.1 Å². The summed E-state index contributed by atoms with van der Waals surface area (Å²) in [5.74, 6) is -0.638. The van der Waals surface area contributed by atoms with Gasteiger partial charge in [-0.3, -0.25) is 4.79 Å². The van der Waals surface area contributed by atoms with Crippen LogP contribution in [0.5, 0.6) is 0 Å². The third kappa shape index (κ3) is 5.10. The number of amides is 1. The van der Waals surface area contributed by atoms with E-state index in [-0.39, 0.29) is 12.2 Å². The normalized spacial score (nSPS) is 11.8. The molecule has 1 heterocycles. The lowest BCUT2D eigenvalue weighted by molar-refractivity contribution is -0.128. The number of Topliss-reactive ketones (excluding diaryl/α,β-unsaturated/α-hetero) is 1. The molecule has 1 rings (SSSR count). The van der Waals surface area contributed by atoms with Gasteiger partial charge in [0, 0.05) is 12.2 Å². The predicted octanol–water partition coefficient (Wildman–Crippen LogP) is 2.23. The van der Waals surface area contributed by atoms with Crippen LogP contribution in [-0.4, -0.2) is 17.4 Å². The van der Waals surface area contributed by atoms with E-state index in [1.165, 1.54) is 18.7 Å². The molecule has 0 aliphatic carbocycles. The second kappa shape index (κ2) is 7.18. The Bertz CT molecular complexity index is 392. The molecular formula is C10H12N2O3S2. The van der Waals surface area contributed by atoms with Crippen LogP contribution in [0.2, 0.25) is 0 Å². The summed E-state index contributed by atoms with van der Waals surface area (Å²) in [6.45, 7) is 1.42. The Kier molecular flexibility index (Phi) is 5.85. The van der Waals surface area contributed by atoms with Crippen LogP contribution in [0.15, 0.2) is 27.0 Å². The zero-order valence-electron chi connectivity index (χ0n) is 9.21. The number of nitroso groups, excluding NO2 is 1.